The highest BCUT2D eigenvalue weighted by Gasteiger charge is 2.25. The van der Waals surface area contributed by atoms with Gasteiger partial charge >= 0.3 is 0 Å². The summed E-state index contributed by atoms with van der Waals surface area (Å²) in [6.45, 7) is 6.77. The van der Waals surface area contributed by atoms with Gasteiger partial charge in [0.25, 0.3) is 5.91 Å². The molecule has 3 aromatic rings. The summed E-state index contributed by atoms with van der Waals surface area (Å²) in [6.07, 6.45) is 5.57. The van der Waals surface area contributed by atoms with E-state index in [1.807, 2.05) is 35.4 Å². The van der Waals surface area contributed by atoms with Crippen LogP contribution >= 0.6 is 24.8 Å². The molecule has 1 atom stereocenters. The van der Waals surface area contributed by atoms with Crippen LogP contribution in [0.1, 0.15) is 65.6 Å². The Morgan fingerprint density at radius 1 is 1.00 bits per heavy atom. The number of rotatable bonds is 6. The predicted molar refractivity (Wildman–Crippen MR) is 141 cm³/mol. The number of pyridine rings is 1. The highest BCUT2D eigenvalue weighted by molar-refractivity contribution is 5.94. The van der Waals surface area contributed by atoms with Crippen molar-refractivity contribution in [2.75, 3.05) is 25.0 Å². The second kappa shape index (κ2) is 12.6. The molecular formula is C27H33Cl2N3O. The van der Waals surface area contributed by atoms with Crippen molar-refractivity contribution in [1.82, 2.24) is 9.88 Å². The molecule has 1 N–H and O–H groups in total. The largest absolute Gasteiger partial charge is 0.385 e. The Balaban J connectivity index is 0.00000193. The molecule has 1 unspecified atom stereocenters. The van der Waals surface area contributed by atoms with E-state index in [9.17, 15) is 4.79 Å². The van der Waals surface area contributed by atoms with Gasteiger partial charge < -0.3 is 10.2 Å². The molecule has 6 heteroatoms. The molecule has 0 spiro atoms. The van der Waals surface area contributed by atoms with E-state index in [0.29, 0.717) is 11.5 Å². The van der Waals surface area contributed by atoms with Crippen molar-refractivity contribution in [3.05, 3.63) is 95.3 Å². The molecule has 0 radical (unpaired) electrons. The van der Waals surface area contributed by atoms with Crippen LogP contribution in [0.25, 0.3) is 0 Å². The van der Waals surface area contributed by atoms with Gasteiger partial charge in [-0.25, -0.2) is 0 Å². The molecular weight excluding hydrogens is 453 g/mol. The number of piperidine rings is 1. The van der Waals surface area contributed by atoms with Gasteiger partial charge in [-0.05, 0) is 60.6 Å². The first kappa shape index (κ1) is 26.7. The second-order valence-corrected chi connectivity index (χ2v) is 8.36. The smallest absolute Gasteiger partial charge is 0.255 e. The number of nitrogens with one attached hydrogen (secondary N) is 1. The van der Waals surface area contributed by atoms with Gasteiger partial charge in [-0.2, -0.15) is 0 Å². The van der Waals surface area contributed by atoms with Gasteiger partial charge in [0.15, 0.2) is 0 Å². The summed E-state index contributed by atoms with van der Waals surface area (Å²) in [5, 5.41) is 3.39. The Hall–Kier alpha value is -2.56. The summed E-state index contributed by atoms with van der Waals surface area (Å²) < 4.78 is 0. The van der Waals surface area contributed by atoms with Gasteiger partial charge in [-0.1, -0.05) is 49.4 Å². The van der Waals surface area contributed by atoms with Crippen molar-refractivity contribution >= 4 is 36.4 Å². The molecule has 1 saturated heterocycles. The average Bonchev–Trinajstić information content (AvgIpc) is 2.84. The number of benzene rings is 2. The molecule has 1 fully saturated rings. The molecule has 33 heavy (non-hydrogen) atoms. The lowest BCUT2D eigenvalue weighted by molar-refractivity contribution is 0.0712. The summed E-state index contributed by atoms with van der Waals surface area (Å²) in [6, 6.07) is 21.1. The second-order valence-electron chi connectivity index (χ2n) is 8.36. The molecule has 0 bridgehead atoms. The first-order valence-corrected chi connectivity index (χ1v) is 11.3. The van der Waals surface area contributed by atoms with Crippen molar-refractivity contribution < 1.29 is 4.79 Å². The van der Waals surface area contributed by atoms with E-state index in [2.05, 4.69) is 60.5 Å². The van der Waals surface area contributed by atoms with Crippen LogP contribution in [0.4, 0.5) is 5.69 Å². The normalized spacial score (nSPS) is 14.5. The summed E-state index contributed by atoms with van der Waals surface area (Å²) in [7, 11) is 0. The molecule has 4 nitrogen and oxygen atoms in total. The lowest BCUT2D eigenvalue weighted by Gasteiger charge is -2.32. The SMILES string of the molecule is CCNc1cccc(C2CCN(C(=O)c3cncc(C(C)c4ccccc4)c3)CC2)c1.Cl.Cl. The number of nitrogens with zero attached hydrogens (tertiary/aromatic N) is 2. The van der Waals surface area contributed by atoms with Crippen molar-refractivity contribution in [2.24, 2.45) is 0 Å². The Kier molecular flexibility index (Phi) is 10.2. The number of carbonyl (C=O) groups excluding carboxylic acids is 1. The number of halogens is 2. The minimum absolute atomic E-state index is 0. The van der Waals surface area contributed by atoms with Gasteiger partial charge in [-0.3, -0.25) is 9.78 Å². The quantitative estimate of drug-likeness (QED) is 0.431. The Labute approximate surface area is 209 Å². The van der Waals surface area contributed by atoms with E-state index in [-0.39, 0.29) is 36.6 Å². The number of hydrogen-bond donors (Lipinski definition) is 1. The number of hydrogen-bond acceptors (Lipinski definition) is 3. The van der Waals surface area contributed by atoms with Gasteiger partial charge in [-0.15, -0.1) is 24.8 Å². The number of amides is 1. The van der Waals surface area contributed by atoms with E-state index < -0.39 is 0 Å². The minimum Gasteiger partial charge on any atom is -0.385 e. The molecule has 1 aliphatic rings. The van der Waals surface area contributed by atoms with Gasteiger partial charge in [0.1, 0.15) is 0 Å². The first-order chi connectivity index (χ1) is 15.2. The molecule has 0 saturated carbocycles. The molecule has 2 heterocycles. The van der Waals surface area contributed by atoms with Crippen LogP contribution in [0.3, 0.4) is 0 Å². The highest BCUT2D eigenvalue weighted by Crippen LogP contribution is 2.30. The lowest BCUT2D eigenvalue weighted by Crippen LogP contribution is -2.38. The van der Waals surface area contributed by atoms with E-state index in [1.165, 1.54) is 16.8 Å². The Bertz CT molecular complexity index is 1020. The fourth-order valence-electron chi connectivity index (χ4n) is 4.45. The maximum absolute atomic E-state index is 13.2. The third-order valence-corrected chi connectivity index (χ3v) is 6.33. The zero-order valence-corrected chi connectivity index (χ0v) is 20.9. The standard InChI is InChI=1S/C27H31N3O.2ClH/c1-3-29-26-11-7-10-23(17-26)22-12-14-30(15-13-22)27(31)25-16-24(18-28-19-25)20(2)21-8-5-4-6-9-21;;/h4-11,16-20,22,29H,3,12-15H2,1-2H3;2*1H. The summed E-state index contributed by atoms with van der Waals surface area (Å²) >= 11 is 0. The molecule has 1 amide bonds. The minimum atomic E-state index is 0. The van der Waals surface area contributed by atoms with Crippen LogP contribution in [-0.2, 0) is 0 Å². The molecule has 2 aromatic carbocycles. The zero-order valence-electron chi connectivity index (χ0n) is 19.2. The van der Waals surface area contributed by atoms with E-state index in [4.69, 9.17) is 0 Å². The molecule has 0 aliphatic carbocycles. The fourth-order valence-corrected chi connectivity index (χ4v) is 4.45. The Morgan fingerprint density at radius 2 is 1.73 bits per heavy atom. The molecule has 1 aliphatic heterocycles. The lowest BCUT2D eigenvalue weighted by atomic mass is 9.89. The van der Waals surface area contributed by atoms with Crippen molar-refractivity contribution in [1.29, 1.82) is 0 Å². The van der Waals surface area contributed by atoms with Crippen molar-refractivity contribution in [2.45, 2.75) is 38.5 Å². The number of aromatic nitrogens is 1. The van der Waals surface area contributed by atoms with Crippen molar-refractivity contribution in [3.8, 4) is 0 Å². The topological polar surface area (TPSA) is 45.2 Å². The van der Waals surface area contributed by atoms with Crippen LogP contribution in [0, 0.1) is 0 Å². The van der Waals surface area contributed by atoms with E-state index in [1.54, 1.807) is 6.20 Å². The van der Waals surface area contributed by atoms with Crippen LogP contribution in [0.2, 0.25) is 0 Å². The molecule has 4 rings (SSSR count). The number of likely N-dealkylation sites (tertiary alicyclic amines) is 1. The van der Waals surface area contributed by atoms with Gasteiger partial charge in [0, 0.05) is 43.6 Å². The van der Waals surface area contributed by atoms with Gasteiger partial charge in [0.05, 0.1) is 5.56 Å². The van der Waals surface area contributed by atoms with Crippen LogP contribution < -0.4 is 5.32 Å². The zero-order chi connectivity index (χ0) is 21.6. The third-order valence-electron chi connectivity index (χ3n) is 6.33. The fraction of sp³-hybridized carbons (Fsp3) is 0.333. The monoisotopic (exact) mass is 485 g/mol. The maximum atomic E-state index is 13.2. The summed E-state index contributed by atoms with van der Waals surface area (Å²) in [5.41, 5.74) is 5.54. The number of anilines is 1. The summed E-state index contributed by atoms with van der Waals surface area (Å²) in [4.78, 5) is 19.5. The number of carbonyl (C=O) groups is 1. The highest BCUT2D eigenvalue weighted by atomic mass is 35.5. The third kappa shape index (κ3) is 6.49. The van der Waals surface area contributed by atoms with Crippen LogP contribution in [0.15, 0.2) is 73.1 Å². The van der Waals surface area contributed by atoms with E-state index in [0.717, 1.165) is 38.0 Å². The first-order valence-electron chi connectivity index (χ1n) is 11.3. The predicted octanol–water partition coefficient (Wildman–Crippen LogP) is 6.53. The van der Waals surface area contributed by atoms with Crippen LogP contribution in [0.5, 0.6) is 0 Å². The Morgan fingerprint density at radius 3 is 2.42 bits per heavy atom. The van der Waals surface area contributed by atoms with Crippen LogP contribution in [-0.4, -0.2) is 35.4 Å². The van der Waals surface area contributed by atoms with Gasteiger partial charge in [0.2, 0.25) is 0 Å². The summed E-state index contributed by atoms with van der Waals surface area (Å²) in [5.74, 6) is 0.802. The maximum Gasteiger partial charge on any atom is 0.255 e. The van der Waals surface area contributed by atoms with E-state index >= 15 is 0 Å². The van der Waals surface area contributed by atoms with Crippen molar-refractivity contribution in [3.63, 3.8) is 0 Å². The molecule has 1 aromatic heterocycles. The molecule has 176 valence electrons. The average molecular weight is 486 g/mol.